The van der Waals surface area contributed by atoms with Crippen LogP contribution in [0.25, 0.3) is 22.3 Å². The van der Waals surface area contributed by atoms with E-state index in [4.69, 9.17) is 0 Å². The van der Waals surface area contributed by atoms with Crippen molar-refractivity contribution >= 4 is 17.3 Å². The lowest BCUT2D eigenvalue weighted by molar-refractivity contribution is 0.100. The molecule has 0 heterocycles. The molecule has 34 heavy (non-hydrogen) atoms. The van der Waals surface area contributed by atoms with Crippen molar-refractivity contribution in [2.75, 3.05) is 0 Å². The lowest BCUT2D eigenvalue weighted by Gasteiger charge is -2.31. The smallest absolute Gasteiger partial charge is 0.159 e. The van der Waals surface area contributed by atoms with E-state index in [9.17, 15) is 14.4 Å². The third-order valence-corrected chi connectivity index (χ3v) is 7.40. The molecule has 0 unspecified atom stereocenters. The zero-order chi connectivity index (χ0) is 23.8. The van der Waals surface area contributed by atoms with Crippen LogP contribution in [0.5, 0.6) is 0 Å². The molecular weight excluding hydrogens is 420 g/mol. The van der Waals surface area contributed by atoms with E-state index < -0.39 is 5.41 Å². The summed E-state index contributed by atoms with van der Waals surface area (Å²) in [5.41, 5.74) is 9.65. The maximum atomic E-state index is 12.4. The molecule has 0 saturated carbocycles. The number of Topliss-reactive ketones (excluding diaryl/α,β-unsaturated/α-hetero) is 3. The molecule has 3 heteroatoms. The van der Waals surface area contributed by atoms with Crippen LogP contribution in [0.1, 0.15) is 74.1 Å². The van der Waals surface area contributed by atoms with Crippen molar-refractivity contribution in [2.45, 2.75) is 26.2 Å². The van der Waals surface area contributed by atoms with Gasteiger partial charge in [-0.3, -0.25) is 14.4 Å². The Morgan fingerprint density at radius 3 is 1.21 bits per heavy atom. The van der Waals surface area contributed by atoms with Gasteiger partial charge >= 0.3 is 0 Å². The second kappa shape index (κ2) is 6.94. The minimum atomic E-state index is -0.709. The van der Waals surface area contributed by atoms with E-state index in [1.54, 1.807) is 20.8 Å². The van der Waals surface area contributed by atoms with Gasteiger partial charge in [-0.05, 0) is 83.5 Å². The van der Waals surface area contributed by atoms with Crippen LogP contribution in [-0.2, 0) is 5.41 Å². The lowest BCUT2D eigenvalue weighted by Crippen LogP contribution is -2.26. The fraction of sp³-hybridized carbons (Fsp3) is 0.129. The zero-order valence-electron chi connectivity index (χ0n) is 19.2. The van der Waals surface area contributed by atoms with Crippen molar-refractivity contribution in [2.24, 2.45) is 0 Å². The number of rotatable bonds is 3. The number of benzene rings is 4. The Hall–Kier alpha value is -4.11. The minimum absolute atomic E-state index is 0.00215. The Kier molecular flexibility index (Phi) is 4.19. The number of carbonyl (C=O) groups is 3. The monoisotopic (exact) mass is 442 g/mol. The summed E-state index contributed by atoms with van der Waals surface area (Å²) in [5.74, 6) is 0.00645. The van der Waals surface area contributed by atoms with Gasteiger partial charge in [0.2, 0.25) is 0 Å². The van der Waals surface area contributed by atoms with Crippen LogP contribution in [0, 0.1) is 0 Å². The van der Waals surface area contributed by atoms with Gasteiger partial charge in [0, 0.05) is 16.7 Å². The molecule has 1 spiro atoms. The number of hydrogen-bond donors (Lipinski definition) is 0. The molecule has 0 N–H and O–H groups in total. The molecule has 0 aliphatic heterocycles. The average Bonchev–Trinajstić information content (AvgIpc) is 3.29. The highest BCUT2D eigenvalue weighted by Crippen LogP contribution is 2.63. The van der Waals surface area contributed by atoms with Crippen LogP contribution in [0.2, 0.25) is 0 Å². The number of hydrogen-bond acceptors (Lipinski definition) is 3. The van der Waals surface area contributed by atoms with Crippen LogP contribution in [0.4, 0.5) is 0 Å². The number of ketones is 3. The summed E-state index contributed by atoms with van der Waals surface area (Å²) in [4.78, 5) is 37.2. The zero-order valence-corrected chi connectivity index (χ0v) is 19.2. The van der Waals surface area contributed by atoms with Crippen LogP contribution in [-0.4, -0.2) is 17.3 Å². The predicted molar refractivity (Wildman–Crippen MR) is 133 cm³/mol. The van der Waals surface area contributed by atoms with Crippen LogP contribution in [0.3, 0.4) is 0 Å². The highest BCUT2D eigenvalue weighted by molar-refractivity contribution is 6.02. The summed E-state index contributed by atoms with van der Waals surface area (Å²) >= 11 is 0. The van der Waals surface area contributed by atoms with Gasteiger partial charge in [-0.2, -0.15) is 0 Å². The molecular formula is C31H22O3. The van der Waals surface area contributed by atoms with Crippen LogP contribution < -0.4 is 0 Å². The Balaban J connectivity index is 1.83. The molecule has 0 amide bonds. The van der Waals surface area contributed by atoms with Crippen molar-refractivity contribution < 1.29 is 14.4 Å². The van der Waals surface area contributed by atoms with Gasteiger partial charge in [0.25, 0.3) is 0 Å². The van der Waals surface area contributed by atoms with Gasteiger partial charge in [0.15, 0.2) is 17.3 Å². The predicted octanol–water partition coefficient (Wildman–Crippen LogP) is 6.64. The molecule has 0 saturated heterocycles. The van der Waals surface area contributed by atoms with Gasteiger partial charge in [-0.25, -0.2) is 0 Å². The summed E-state index contributed by atoms with van der Waals surface area (Å²) < 4.78 is 0. The van der Waals surface area contributed by atoms with Gasteiger partial charge in [-0.1, -0.05) is 60.7 Å². The van der Waals surface area contributed by atoms with Crippen molar-refractivity contribution in [1.29, 1.82) is 0 Å². The fourth-order valence-corrected chi connectivity index (χ4v) is 5.84. The first kappa shape index (κ1) is 20.5. The number of fused-ring (bicyclic) bond motifs is 10. The summed E-state index contributed by atoms with van der Waals surface area (Å²) in [6.45, 7) is 4.73. The van der Waals surface area contributed by atoms with Gasteiger partial charge < -0.3 is 0 Å². The van der Waals surface area contributed by atoms with Gasteiger partial charge in [-0.15, -0.1) is 0 Å². The van der Waals surface area contributed by atoms with Crippen molar-refractivity contribution in [3.05, 3.63) is 118 Å². The van der Waals surface area contributed by atoms with Crippen molar-refractivity contribution in [1.82, 2.24) is 0 Å². The van der Waals surface area contributed by atoms with E-state index in [1.807, 2.05) is 66.7 Å². The normalized spacial score (nSPS) is 13.7. The average molecular weight is 443 g/mol. The molecule has 164 valence electrons. The highest BCUT2D eigenvalue weighted by atomic mass is 16.1. The maximum Gasteiger partial charge on any atom is 0.159 e. The molecule has 0 atom stereocenters. The van der Waals surface area contributed by atoms with Crippen molar-refractivity contribution in [3.63, 3.8) is 0 Å². The van der Waals surface area contributed by atoms with Gasteiger partial charge in [0.05, 0.1) is 5.41 Å². The Morgan fingerprint density at radius 1 is 0.471 bits per heavy atom. The van der Waals surface area contributed by atoms with Crippen molar-refractivity contribution in [3.8, 4) is 22.3 Å². The molecule has 6 rings (SSSR count). The second-order valence-corrected chi connectivity index (χ2v) is 9.25. The SMILES string of the molecule is CC(=O)c1ccc2c(c1)C1(c3ccccc3-2)c2cc(C(C)=O)ccc2-c2ccc(C(C)=O)cc21. The van der Waals surface area contributed by atoms with E-state index in [0.717, 1.165) is 44.5 Å². The molecule has 0 aromatic heterocycles. The molecule has 2 aliphatic rings. The molecule has 2 aliphatic carbocycles. The summed E-state index contributed by atoms with van der Waals surface area (Å²) in [7, 11) is 0. The lowest BCUT2D eigenvalue weighted by atomic mass is 9.69. The summed E-state index contributed by atoms with van der Waals surface area (Å²) in [5, 5.41) is 0. The van der Waals surface area contributed by atoms with E-state index in [2.05, 4.69) is 12.1 Å². The third kappa shape index (κ3) is 2.50. The first-order valence-electron chi connectivity index (χ1n) is 11.4. The first-order valence-corrected chi connectivity index (χ1v) is 11.4. The largest absolute Gasteiger partial charge is 0.295 e. The summed E-state index contributed by atoms with van der Waals surface area (Å²) in [6, 6.07) is 26.0. The maximum absolute atomic E-state index is 12.4. The Labute approximate surface area is 198 Å². The van der Waals surface area contributed by atoms with Crippen LogP contribution in [0.15, 0.2) is 78.9 Å². The minimum Gasteiger partial charge on any atom is -0.295 e. The molecule has 0 radical (unpaired) electrons. The fourth-order valence-electron chi connectivity index (χ4n) is 5.84. The van der Waals surface area contributed by atoms with E-state index in [-0.39, 0.29) is 17.3 Å². The standard InChI is InChI=1S/C31H22O3/c1-17(32)20-8-11-24-23-6-4-5-7-27(23)31(28(24)14-20)29-15-21(18(2)33)9-12-25(29)26-13-10-22(19(3)34)16-30(26)31/h4-16H,1-3H3. The molecule has 4 aromatic rings. The first-order chi connectivity index (χ1) is 16.3. The van der Waals surface area contributed by atoms with Crippen LogP contribution >= 0.6 is 0 Å². The molecule has 4 aromatic carbocycles. The Morgan fingerprint density at radius 2 is 0.824 bits per heavy atom. The highest BCUT2D eigenvalue weighted by Gasteiger charge is 2.52. The molecule has 0 bridgehead atoms. The van der Waals surface area contributed by atoms with E-state index >= 15 is 0 Å². The quantitative estimate of drug-likeness (QED) is 0.289. The summed E-state index contributed by atoms with van der Waals surface area (Å²) in [6.07, 6.45) is 0. The molecule has 0 fully saturated rings. The number of carbonyl (C=O) groups excluding carboxylic acids is 3. The third-order valence-electron chi connectivity index (χ3n) is 7.40. The van der Waals surface area contributed by atoms with E-state index in [1.165, 1.54) is 0 Å². The topological polar surface area (TPSA) is 51.2 Å². The second-order valence-electron chi connectivity index (χ2n) is 9.25. The molecule has 3 nitrogen and oxygen atoms in total. The van der Waals surface area contributed by atoms with Gasteiger partial charge in [0.1, 0.15) is 0 Å². The Bertz CT molecular complexity index is 1490. The van der Waals surface area contributed by atoms with E-state index in [0.29, 0.717) is 16.7 Å².